The first-order valence-corrected chi connectivity index (χ1v) is 9.00. The molecule has 1 aromatic rings. The van der Waals surface area contributed by atoms with Crippen molar-refractivity contribution in [2.75, 3.05) is 37.6 Å². The topological polar surface area (TPSA) is 77.6 Å². The lowest BCUT2D eigenvalue weighted by molar-refractivity contribution is -0.125. The normalized spacial score (nSPS) is 25.7. The Kier molecular flexibility index (Phi) is 5.00. The molecule has 126 valence electrons. The minimum atomic E-state index is -0.422. The quantitative estimate of drug-likeness (QED) is 0.840. The van der Waals surface area contributed by atoms with Crippen molar-refractivity contribution in [2.45, 2.75) is 25.8 Å². The van der Waals surface area contributed by atoms with E-state index in [4.69, 9.17) is 0 Å². The number of piperidine rings is 1. The molecule has 0 aromatic carbocycles. The van der Waals surface area contributed by atoms with Crippen molar-refractivity contribution in [1.29, 1.82) is 0 Å². The van der Waals surface area contributed by atoms with Crippen LogP contribution in [0.3, 0.4) is 0 Å². The predicted molar refractivity (Wildman–Crippen MR) is 89.6 cm³/mol. The number of urea groups is 1. The first kappa shape index (κ1) is 16.0. The Morgan fingerprint density at radius 3 is 3.00 bits per heavy atom. The van der Waals surface area contributed by atoms with Gasteiger partial charge in [-0.3, -0.25) is 4.79 Å². The van der Waals surface area contributed by atoms with Gasteiger partial charge < -0.3 is 20.4 Å². The van der Waals surface area contributed by atoms with E-state index in [2.05, 4.69) is 20.5 Å². The lowest BCUT2D eigenvalue weighted by Crippen LogP contribution is -2.57. The SMILES string of the molecule is C[C@@H]1CCNC(=O)[C@H]1NC(=O)N1CCCN(c2nccs2)CC1. The van der Waals surface area contributed by atoms with Crippen molar-refractivity contribution in [1.82, 2.24) is 20.5 Å². The molecule has 0 radical (unpaired) electrons. The molecule has 2 aliphatic heterocycles. The van der Waals surface area contributed by atoms with Gasteiger partial charge in [0.05, 0.1) is 0 Å². The van der Waals surface area contributed by atoms with E-state index in [0.717, 1.165) is 31.1 Å². The Morgan fingerprint density at radius 1 is 1.39 bits per heavy atom. The summed E-state index contributed by atoms with van der Waals surface area (Å²) in [4.78, 5) is 32.8. The summed E-state index contributed by atoms with van der Waals surface area (Å²) < 4.78 is 0. The third-order valence-corrected chi connectivity index (χ3v) is 5.33. The molecule has 3 heterocycles. The fraction of sp³-hybridized carbons (Fsp3) is 0.667. The maximum atomic E-state index is 12.5. The highest BCUT2D eigenvalue weighted by Gasteiger charge is 2.31. The minimum absolute atomic E-state index is 0.0728. The highest BCUT2D eigenvalue weighted by molar-refractivity contribution is 7.13. The van der Waals surface area contributed by atoms with Crippen LogP contribution in [-0.4, -0.2) is 60.6 Å². The Hall–Kier alpha value is -1.83. The molecule has 2 saturated heterocycles. The van der Waals surface area contributed by atoms with E-state index in [0.29, 0.717) is 19.6 Å². The molecule has 0 unspecified atom stereocenters. The average molecular weight is 337 g/mol. The van der Waals surface area contributed by atoms with E-state index in [1.807, 2.05) is 17.2 Å². The second-order valence-electron chi connectivity index (χ2n) is 6.13. The van der Waals surface area contributed by atoms with Gasteiger partial charge in [0.15, 0.2) is 5.13 Å². The molecule has 2 aliphatic rings. The summed E-state index contributed by atoms with van der Waals surface area (Å²) in [7, 11) is 0. The van der Waals surface area contributed by atoms with Gasteiger partial charge in [0.1, 0.15) is 6.04 Å². The number of rotatable bonds is 2. The maximum absolute atomic E-state index is 12.5. The number of carbonyl (C=O) groups is 2. The van der Waals surface area contributed by atoms with Crippen molar-refractivity contribution in [3.8, 4) is 0 Å². The lowest BCUT2D eigenvalue weighted by atomic mass is 9.94. The number of hydrogen-bond donors (Lipinski definition) is 2. The van der Waals surface area contributed by atoms with Gasteiger partial charge in [-0.15, -0.1) is 11.3 Å². The number of aromatic nitrogens is 1. The van der Waals surface area contributed by atoms with E-state index in [1.54, 1.807) is 17.5 Å². The standard InChI is InChI=1S/C15H23N5O2S/c1-11-3-4-16-13(21)12(11)18-14(22)19-6-2-7-20(9-8-19)15-17-5-10-23-15/h5,10-12H,2-4,6-9H2,1H3,(H,16,21)(H,18,22)/t11-,12+/m1/s1. The second-order valence-corrected chi connectivity index (χ2v) is 7.00. The average Bonchev–Trinajstić information content (AvgIpc) is 2.95. The van der Waals surface area contributed by atoms with Crippen LogP contribution in [0, 0.1) is 5.92 Å². The van der Waals surface area contributed by atoms with Gasteiger partial charge in [-0.05, 0) is 18.8 Å². The predicted octanol–water partition coefficient (Wildman–Crippen LogP) is 0.889. The van der Waals surface area contributed by atoms with E-state index in [-0.39, 0.29) is 17.9 Å². The molecule has 2 N–H and O–H groups in total. The Labute approximate surface area is 140 Å². The van der Waals surface area contributed by atoms with E-state index >= 15 is 0 Å². The van der Waals surface area contributed by atoms with Crippen molar-refractivity contribution in [2.24, 2.45) is 5.92 Å². The zero-order valence-electron chi connectivity index (χ0n) is 13.3. The minimum Gasteiger partial charge on any atom is -0.354 e. The number of thiazole rings is 1. The number of anilines is 1. The summed E-state index contributed by atoms with van der Waals surface area (Å²) in [5, 5.41) is 8.70. The Balaban J connectivity index is 1.56. The third kappa shape index (κ3) is 3.74. The smallest absolute Gasteiger partial charge is 0.318 e. The van der Waals surface area contributed by atoms with Crippen LogP contribution in [0.1, 0.15) is 19.8 Å². The number of nitrogens with one attached hydrogen (secondary N) is 2. The zero-order chi connectivity index (χ0) is 16.2. The summed E-state index contributed by atoms with van der Waals surface area (Å²) >= 11 is 1.62. The molecule has 8 heteroatoms. The van der Waals surface area contributed by atoms with Gasteiger partial charge in [-0.25, -0.2) is 9.78 Å². The van der Waals surface area contributed by atoms with Crippen LogP contribution in [0.2, 0.25) is 0 Å². The van der Waals surface area contributed by atoms with Crippen LogP contribution in [0.4, 0.5) is 9.93 Å². The van der Waals surface area contributed by atoms with Crippen molar-refractivity contribution in [3.63, 3.8) is 0 Å². The van der Waals surface area contributed by atoms with E-state index in [9.17, 15) is 9.59 Å². The van der Waals surface area contributed by atoms with Gasteiger partial charge in [0.25, 0.3) is 0 Å². The van der Waals surface area contributed by atoms with Gasteiger partial charge in [-0.1, -0.05) is 6.92 Å². The molecule has 2 fully saturated rings. The number of carbonyl (C=O) groups excluding carboxylic acids is 2. The summed E-state index contributed by atoms with van der Waals surface area (Å²) in [5.74, 6) is 0.0998. The van der Waals surface area contributed by atoms with Crippen LogP contribution in [0.5, 0.6) is 0 Å². The number of hydrogen-bond acceptors (Lipinski definition) is 5. The lowest BCUT2D eigenvalue weighted by Gasteiger charge is -2.31. The molecule has 7 nitrogen and oxygen atoms in total. The largest absolute Gasteiger partial charge is 0.354 e. The Morgan fingerprint density at radius 2 is 2.26 bits per heavy atom. The fourth-order valence-corrected chi connectivity index (χ4v) is 3.77. The van der Waals surface area contributed by atoms with Crippen LogP contribution < -0.4 is 15.5 Å². The maximum Gasteiger partial charge on any atom is 0.318 e. The summed E-state index contributed by atoms with van der Waals surface area (Å²) in [5.41, 5.74) is 0. The van der Waals surface area contributed by atoms with Gasteiger partial charge in [-0.2, -0.15) is 0 Å². The summed E-state index contributed by atoms with van der Waals surface area (Å²) in [6, 6.07) is -0.561. The van der Waals surface area contributed by atoms with Gasteiger partial charge in [0.2, 0.25) is 5.91 Å². The molecule has 23 heavy (non-hydrogen) atoms. The molecule has 3 amide bonds. The van der Waals surface area contributed by atoms with Crippen molar-refractivity contribution < 1.29 is 9.59 Å². The summed E-state index contributed by atoms with van der Waals surface area (Å²) in [6.45, 7) is 5.73. The first-order chi connectivity index (χ1) is 11.1. The fourth-order valence-electron chi connectivity index (χ4n) is 3.07. The first-order valence-electron chi connectivity index (χ1n) is 8.13. The monoisotopic (exact) mass is 337 g/mol. The van der Waals surface area contributed by atoms with Gasteiger partial charge in [0, 0.05) is 44.3 Å². The van der Waals surface area contributed by atoms with E-state index in [1.165, 1.54) is 0 Å². The van der Waals surface area contributed by atoms with Crippen molar-refractivity contribution >= 4 is 28.4 Å². The van der Waals surface area contributed by atoms with Crippen LogP contribution in [0.15, 0.2) is 11.6 Å². The second kappa shape index (κ2) is 7.16. The molecule has 2 atom stereocenters. The molecule has 1 aromatic heterocycles. The molecule has 3 rings (SSSR count). The Bertz CT molecular complexity index is 550. The summed E-state index contributed by atoms with van der Waals surface area (Å²) in [6.07, 6.45) is 3.60. The van der Waals surface area contributed by atoms with E-state index < -0.39 is 6.04 Å². The molecule has 0 aliphatic carbocycles. The highest BCUT2D eigenvalue weighted by Crippen LogP contribution is 2.19. The van der Waals surface area contributed by atoms with Crippen molar-refractivity contribution in [3.05, 3.63) is 11.6 Å². The van der Waals surface area contributed by atoms with Crippen LogP contribution in [-0.2, 0) is 4.79 Å². The van der Waals surface area contributed by atoms with Crippen LogP contribution >= 0.6 is 11.3 Å². The number of amides is 3. The molecular formula is C15H23N5O2S. The molecular weight excluding hydrogens is 314 g/mol. The number of nitrogens with zero attached hydrogens (tertiary/aromatic N) is 3. The zero-order valence-corrected chi connectivity index (χ0v) is 14.1. The molecule has 0 bridgehead atoms. The highest BCUT2D eigenvalue weighted by atomic mass is 32.1. The van der Waals surface area contributed by atoms with Crippen LogP contribution in [0.25, 0.3) is 0 Å². The third-order valence-electron chi connectivity index (χ3n) is 4.50. The van der Waals surface area contributed by atoms with Gasteiger partial charge >= 0.3 is 6.03 Å². The molecule has 0 spiro atoms. The molecule has 0 saturated carbocycles.